The Hall–Kier alpha value is -4.05. The van der Waals surface area contributed by atoms with Gasteiger partial charge in [0.15, 0.2) is 0 Å². The third-order valence-corrected chi connectivity index (χ3v) is 5.30. The van der Waals surface area contributed by atoms with Crippen LogP contribution in [0.2, 0.25) is 0 Å². The Balaban J connectivity index is 1.26. The predicted molar refractivity (Wildman–Crippen MR) is 127 cm³/mol. The summed E-state index contributed by atoms with van der Waals surface area (Å²) in [4.78, 5) is 4.37. The number of imidazole rings is 1. The Kier molecular flexibility index (Phi) is 5.35. The molecule has 0 amide bonds. The molecule has 4 heteroatoms. The first-order valence-electron chi connectivity index (χ1n) is 10.4. The summed E-state index contributed by atoms with van der Waals surface area (Å²) in [5.41, 5.74) is 3.36. The highest BCUT2D eigenvalue weighted by atomic mass is 16.5. The Morgan fingerprint density at radius 1 is 0.742 bits per heavy atom. The summed E-state index contributed by atoms with van der Waals surface area (Å²) in [7, 11) is 0. The minimum atomic E-state index is 0.812. The van der Waals surface area contributed by atoms with Gasteiger partial charge >= 0.3 is 0 Å². The summed E-state index contributed by atoms with van der Waals surface area (Å²) in [6.45, 7) is 1.63. The molecule has 1 heterocycles. The summed E-state index contributed by atoms with van der Waals surface area (Å²) >= 11 is 0. The van der Waals surface area contributed by atoms with Gasteiger partial charge < -0.3 is 14.6 Å². The Morgan fingerprint density at radius 3 is 2.35 bits per heavy atom. The van der Waals surface area contributed by atoms with Gasteiger partial charge in [0.2, 0.25) is 0 Å². The van der Waals surface area contributed by atoms with Crippen LogP contribution in [0, 0.1) is 0 Å². The molecule has 0 aliphatic rings. The van der Waals surface area contributed by atoms with Gasteiger partial charge in [0.25, 0.3) is 0 Å². The molecule has 0 saturated heterocycles. The van der Waals surface area contributed by atoms with Crippen LogP contribution < -0.4 is 10.1 Å². The number of fused-ring (bicyclic) bond motifs is 1. The summed E-state index contributed by atoms with van der Waals surface area (Å²) in [6.07, 6.45) is 3.79. The topological polar surface area (TPSA) is 39.1 Å². The molecule has 0 atom stereocenters. The first-order chi connectivity index (χ1) is 15.4. The molecule has 0 aliphatic carbocycles. The van der Waals surface area contributed by atoms with Gasteiger partial charge in [0.1, 0.15) is 11.5 Å². The van der Waals surface area contributed by atoms with Gasteiger partial charge in [-0.2, -0.15) is 0 Å². The van der Waals surface area contributed by atoms with Gasteiger partial charge in [-0.25, -0.2) is 4.98 Å². The van der Waals surface area contributed by atoms with Crippen molar-refractivity contribution < 1.29 is 4.74 Å². The highest BCUT2D eigenvalue weighted by molar-refractivity contribution is 5.93. The van der Waals surface area contributed by atoms with Crippen molar-refractivity contribution in [3.63, 3.8) is 0 Å². The number of ether oxygens (including phenoxy) is 1. The quantitative estimate of drug-likeness (QED) is 0.331. The molecule has 0 fully saturated rings. The lowest BCUT2D eigenvalue weighted by Gasteiger charge is -2.12. The van der Waals surface area contributed by atoms with Crippen LogP contribution >= 0.6 is 0 Å². The number of nitrogens with one attached hydrogen (secondary N) is 1. The van der Waals surface area contributed by atoms with Crippen molar-refractivity contribution in [2.24, 2.45) is 0 Å². The van der Waals surface area contributed by atoms with Crippen LogP contribution in [-0.2, 0) is 6.54 Å². The number of anilines is 1. The molecular formula is C27H23N3O. The van der Waals surface area contributed by atoms with Crippen LogP contribution in [0.15, 0.2) is 110 Å². The fourth-order valence-corrected chi connectivity index (χ4v) is 3.75. The lowest BCUT2D eigenvalue weighted by Crippen LogP contribution is -2.11. The second-order valence-electron chi connectivity index (χ2n) is 7.37. The van der Waals surface area contributed by atoms with Gasteiger partial charge in [-0.05, 0) is 47.9 Å². The molecule has 0 bridgehead atoms. The maximum Gasteiger partial charge on any atom is 0.127 e. The van der Waals surface area contributed by atoms with Crippen molar-refractivity contribution in [1.29, 1.82) is 0 Å². The summed E-state index contributed by atoms with van der Waals surface area (Å²) < 4.78 is 8.07. The fourth-order valence-electron chi connectivity index (χ4n) is 3.75. The maximum absolute atomic E-state index is 5.90. The van der Waals surface area contributed by atoms with E-state index >= 15 is 0 Å². The van der Waals surface area contributed by atoms with Crippen LogP contribution in [0.5, 0.6) is 11.5 Å². The zero-order valence-corrected chi connectivity index (χ0v) is 17.1. The highest BCUT2D eigenvalue weighted by Crippen LogP contribution is 2.26. The number of rotatable bonds is 7. The number of para-hydroxylation sites is 1. The molecule has 4 aromatic carbocycles. The SMILES string of the molecule is c1ccc(Oc2ccc(-c3cncn3CCNc3cccc4ccccc34)cc2)cc1. The minimum Gasteiger partial charge on any atom is -0.457 e. The van der Waals surface area contributed by atoms with Gasteiger partial charge in [0.05, 0.1) is 18.2 Å². The molecule has 0 radical (unpaired) electrons. The Bertz CT molecular complexity index is 1270. The zero-order valence-electron chi connectivity index (χ0n) is 17.1. The normalized spacial score (nSPS) is 10.8. The molecule has 152 valence electrons. The van der Waals surface area contributed by atoms with Crippen molar-refractivity contribution in [1.82, 2.24) is 9.55 Å². The summed E-state index contributed by atoms with van der Waals surface area (Å²) in [5, 5.41) is 6.06. The van der Waals surface area contributed by atoms with E-state index in [1.807, 2.05) is 55.0 Å². The van der Waals surface area contributed by atoms with Crippen molar-refractivity contribution in [3.8, 4) is 22.8 Å². The van der Waals surface area contributed by atoms with Gasteiger partial charge in [-0.1, -0.05) is 54.6 Å². The monoisotopic (exact) mass is 405 g/mol. The molecule has 4 nitrogen and oxygen atoms in total. The van der Waals surface area contributed by atoms with Crippen molar-refractivity contribution in [2.45, 2.75) is 6.54 Å². The molecule has 5 aromatic rings. The minimum absolute atomic E-state index is 0.812. The van der Waals surface area contributed by atoms with Crippen LogP contribution in [-0.4, -0.2) is 16.1 Å². The van der Waals surface area contributed by atoms with E-state index in [2.05, 4.69) is 69.5 Å². The number of nitrogens with zero attached hydrogens (tertiary/aromatic N) is 2. The van der Waals surface area contributed by atoms with E-state index in [0.29, 0.717) is 0 Å². The van der Waals surface area contributed by atoms with E-state index in [9.17, 15) is 0 Å². The van der Waals surface area contributed by atoms with E-state index in [-0.39, 0.29) is 0 Å². The average molecular weight is 406 g/mol. The van der Waals surface area contributed by atoms with Gasteiger partial charge in [0, 0.05) is 29.7 Å². The largest absolute Gasteiger partial charge is 0.457 e. The van der Waals surface area contributed by atoms with E-state index in [0.717, 1.165) is 41.5 Å². The van der Waals surface area contributed by atoms with E-state index in [4.69, 9.17) is 4.74 Å². The lowest BCUT2D eigenvalue weighted by molar-refractivity contribution is 0.483. The molecule has 31 heavy (non-hydrogen) atoms. The highest BCUT2D eigenvalue weighted by Gasteiger charge is 2.07. The lowest BCUT2D eigenvalue weighted by atomic mass is 10.1. The van der Waals surface area contributed by atoms with Gasteiger partial charge in [-0.3, -0.25) is 0 Å². The molecule has 5 rings (SSSR count). The van der Waals surface area contributed by atoms with Gasteiger partial charge in [-0.15, -0.1) is 0 Å². The number of hydrogen-bond acceptors (Lipinski definition) is 3. The predicted octanol–water partition coefficient (Wildman–Crippen LogP) is 6.61. The number of aromatic nitrogens is 2. The van der Waals surface area contributed by atoms with Crippen molar-refractivity contribution in [2.75, 3.05) is 11.9 Å². The van der Waals surface area contributed by atoms with E-state index in [1.165, 1.54) is 10.8 Å². The molecule has 0 aliphatic heterocycles. The first-order valence-corrected chi connectivity index (χ1v) is 10.4. The molecule has 0 spiro atoms. The van der Waals surface area contributed by atoms with Crippen LogP contribution in [0.4, 0.5) is 5.69 Å². The van der Waals surface area contributed by atoms with Crippen LogP contribution in [0.3, 0.4) is 0 Å². The first kappa shape index (κ1) is 18.9. The average Bonchev–Trinajstić information content (AvgIpc) is 3.29. The standard InChI is InChI=1S/C27H23N3O/c1-2-9-23(10-3-1)31-24-15-13-22(14-16-24)27-19-28-20-30(27)18-17-29-26-12-6-8-21-7-4-5-11-25(21)26/h1-16,19-20,29H,17-18H2. The Morgan fingerprint density at radius 2 is 1.48 bits per heavy atom. The van der Waals surface area contributed by atoms with Crippen molar-refractivity contribution >= 4 is 16.5 Å². The van der Waals surface area contributed by atoms with E-state index in [1.54, 1.807) is 0 Å². The molecule has 0 saturated carbocycles. The fraction of sp³-hybridized carbons (Fsp3) is 0.0741. The number of hydrogen-bond donors (Lipinski definition) is 1. The molecule has 0 unspecified atom stereocenters. The third kappa shape index (κ3) is 4.28. The maximum atomic E-state index is 5.90. The van der Waals surface area contributed by atoms with Crippen LogP contribution in [0.25, 0.3) is 22.0 Å². The zero-order chi connectivity index (χ0) is 20.9. The third-order valence-electron chi connectivity index (χ3n) is 5.30. The number of benzene rings is 4. The Labute approximate surface area is 181 Å². The molecule has 1 N–H and O–H groups in total. The molecule has 1 aromatic heterocycles. The summed E-state index contributed by atoms with van der Waals surface area (Å²) in [5.74, 6) is 1.65. The summed E-state index contributed by atoms with van der Waals surface area (Å²) in [6, 6.07) is 32.7. The second kappa shape index (κ2) is 8.76. The van der Waals surface area contributed by atoms with Crippen LogP contribution in [0.1, 0.15) is 0 Å². The molecular weight excluding hydrogens is 382 g/mol. The van der Waals surface area contributed by atoms with E-state index < -0.39 is 0 Å². The second-order valence-corrected chi connectivity index (χ2v) is 7.37. The smallest absolute Gasteiger partial charge is 0.127 e. The van der Waals surface area contributed by atoms with Crippen molar-refractivity contribution in [3.05, 3.63) is 110 Å².